The highest BCUT2D eigenvalue weighted by Crippen LogP contribution is 2.27. The molecule has 6 heteroatoms. The van der Waals surface area contributed by atoms with Gasteiger partial charge in [-0.3, -0.25) is 9.48 Å². The Labute approximate surface area is 122 Å². The van der Waals surface area contributed by atoms with Gasteiger partial charge in [-0.2, -0.15) is 5.10 Å². The third-order valence-electron chi connectivity index (χ3n) is 3.66. The average Bonchev–Trinajstić information content (AvgIpc) is 2.81. The lowest BCUT2D eigenvalue weighted by molar-refractivity contribution is -0.121. The number of hydrogen-bond acceptors (Lipinski definition) is 3. The lowest BCUT2D eigenvalue weighted by atomic mass is 10.1. The summed E-state index contributed by atoms with van der Waals surface area (Å²) in [6.07, 6.45) is 1.36. The molecule has 0 aliphatic rings. The minimum Gasteiger partial charge on any atom is -0.359 e. The number of nitrogens with one attached hydrogen (secondary N) is 1. The van der Waals surface area contributed by atoms with Crippen LogP contribution in [0.15, 0.2) is 12.1 Å². The van der Waals surface area contributed by atoms with Crippen LogP contribution in [0, 0.1) is 19.7 Å². The van der Waals surface area contributed by atoms with Gasteiger partial charge in [0.05, 0.1) is 11.2 Å². The number of aldehydes is 1. The van der Waals surface area contributed by atoms with Crippen LogP contribution in [0.5, 0.6) is 0 Å². The molecule has 1 unspecified atom stereocenters. The summed E-state index contributed by atoms with van der Waals surface area (Å²) in [6, 6.07) is 2.45. The van der Waals surface area contributed by atoms with E-state index in [1.165, 1.54) is 6.07 Å². The van der Waals surface area contributed by atoms with E-state index in [9.17, 15) is 14.0 Å². The molecule has 1 amide bonds. The third kappa shape index (κ3) is 2.79. The number of fused-ring (bicyclic) bond motifs is 1. The van der Waals surface area contributed by atoms with Gasteiger partial charge in [-0.05, 0) is 38.0 Å². The SMILES string of the molecule is CNC(=O)CCC(C=O)n1nc(C)c2c(C)c(F)ccc21. The monoisotopic (exact) mass is 291 g/mol. The van der Waals surface area contributed by atoms with Crippen LogP contribution < -0.4 is 5.32 Å². The van der Waals surface area contributed by atoms with Gasteiger partial charge in [-0.1, -0.05) is 0 Å². The van der Waals surface area contributed by atoms with Gasteiger partial charge in [0.25, 0.3) is 0 Å². The fraction of sp³-hybridized carbons (Fsp3) is 0.400. The summed E-state index contributed by atoms with van der Waals surface area (Å²) in [7, 11) is 1.55. The Kier molecular flexibility index (Phi) is 4.35. The first-order valence-corrected chi connectivity index (χ1v) is 6.79. The van der Waals surface area contributed by atoms with Crippen LogP contribution >= 0.6 is 0 Å². The second kappa shape index (κ2) is 6.03. The quantitative estimate of drug-likeness (QED) is 0.858. The van der Waals surface area contributed by atoms with E-state index in [1.807, 2.05) is 0 Å². The zero-order valence-electron chi connectivity index (χ0n) is 12.3. The summed E-state index contributed by atoms with van der Waals surface area (Å²) >= 11 is 0. The zero-order valence-corrected chi connectivity index (χ0v) is 12.3. The van der Waals surface area contributed by atoms with E-state index in [0.717, 1.165) is 11.7 Å². The van der Waals surface area contributed by atoms with Gasteiger partial charge in [0.1, 0.15) is 18.1 Å². The third-order valence-corrected chi connectivity index (χ3v) is 3.66. The number of aromatic nitrogens is 2. The first-order chi connectivity index (χ1) is 9.99. The summed E-state index contributed by atoms with van der Waals surface area (Å²) in [6.45, 7) is 3.48. The van der Waals surface area contributed by atoms with E-state index >= 15 is 0 Å². The second-order valence-corrected chi connectivity index (χ2v) is 5.01. The molecule has 0 saturated heterocycles. The topological polar surface area (TPSA) is 64.0 Å². The Morgan fingerprint density at radius 3 is 2.81 bits per heavy atom. The summed E-state index contributed by atoms with van der Waals surface area (Å²) in [5.41, 5.74) is 1.90. The number of rotatable bonds is 5. The van der Waals surface area contributed by atoms with Crippen LogP contribution in [0.3, 0.4) is 0 Å². The molecule has 0 saturated carbocycles. The van der Waals surface area contributed by atoms with Gasteiger partial charge in [-0.15, -0.1) is 0 Å². The first-order valence-electron chi connectivity index (χ1n) is 6.79. The highest BCUT2D eigenvalue weighted by molar-refractivity contribution is 5.86. The fourth-order valence-electron chi connectivity index (χ4n) is 2.49. The van der Waals surface area contributed by atoms with Crippen LogP contribution in [0.2, 0.25) is 0 Å². The molecule has 0 bridgehead atoms. The Bertz CT molecular complexity index is 694. The van der Waals surface area contributed by atoms with Crippen molar-refractivity contribution in [3.63, 3.8) is 0 Å². The summed E-state index contributed by atoms with van der Waals surface area (Å²) in [5.74, 6) is -0.421. The highest BCUT2D eigenvalue weighted by atomic mass is 19.1. The van der Waals surface area contributed by atoms with Crippen molar-refractivity contribution >= 4 is 23.1 Å². The van der Waals surface area contributed by atoms with Crippen molar-refractivity contribution < 1.29 is 14.0 Å². The van der Waals surface area contributed by atoms with E-state index in [4.69, 9.17) is 0 Å². The maximum atomic E-state index is 13.7. The Morgan fingerprint density at radius 2 is 2.19 bits per heavy atom. The molecule has 1 atom stereocenters. The van der Waals surface area contributed by atoms with Crippen LogP contribution in [-0.2, 0) is 9.59 Å². The molecule has 21 heavy (non-hydrogen) atoms. The van der Waals surface area contributed by atoms with Gasteiger partial charge in [-0.25, -0.2) is 4.39 Å². The van der Waals surface area contributed by atoms with Crippen LogP contribution in [0.1, 0.15) is 30.1 Å². The van der Waals surface area contributed by atoms with Crippen molar-refractivity contribution in [3.05, 3.63) is 29.2 Å². The number of hydrogen-bond donors (Lipinski definition) is 1. The van der Waals surface area contributed by atoms with Crippen molar-refractivity contribution in [1.82, 2.24) is 15.1 Å². The molecule has 112 valence electrons. The molecular weight excluding hydrogens is 273 g/mol. The largest absolute Gasteiger partial charge is 0.359 e. The molecule has 0 fully saturated rings. The molecule has 1 aromatic carbocycles. The molecule has 2 rings (SSSR count). The number of amides is 1. The molecule has 0 radical (unpaired) electrons. The molecule has 5 nitrogen and oxygen atoms in total. The molecular formula is C15H18FN3O2. The van der Waals surface area contributed by atoms with E-state index in [2.05, 4.69) is 10.4 Å². The first kappa shape index (κ1) is 15.2. The molecule has 2 aromatic rings. The van der Waals surface area contributed by atoms with Crippen molar-refractivity contribution in [1.29, 1.82) is 0 Å². The number of halogens is 1. The van der Waals surface area contributed by atoms with Gasteiger partial charge in [0, 0.05) is 18.9 Å². The number of nitrogens with zero attached hydrogens (tertiary/aromatic N) is 2. The maximum absolute atomic E-state index is 13.7. The average molecular weight is 291 g/mol. The molecule has 1 aromatic heterocycles. The van der Waals surface area contributed by atoms with Crippen molar-refractivity contribution in [2.45, 2.75) is 32.7 Å². The summed E-state index contributed by atoms with van der Waals surface area (Å²) < 4.78 is 15.2. The summed E-state index contributed by atoms with van der Waals surface area (Å²) in [4.78, 5) is 22.7. The lowest BCUT2D eigenvalue weighted by Crippen LogP contribution is -2.20. The molecule has 0 aliphatic carbocycles. The van der Waals surface area contributed by atoms with E-state index in [1.54, 1.807) is 31.6 Å². The predicted molar refractivity (Wildman–Crippen MR) is 77.6 cm³/mol. The Morgan fingerprint density at radius 1 is 1.48 bits per heavy atom. The molecule has 0 spiro atoms. The van der Waals surface area contributed by atoms with E-state index in [0.29, 0.717) is 23.2 Å². The standard InChI is InChI=1S/C15H18FN3O2/c1-9-12(16)5-6-13-15(9)10(2)18-19(13)11(8-20)4-7-14(21)17-3/h5-6,8,11H,4,7H2,1-3H3,(H,17,21). The fourth-order valence-corrected chi connectivity index (χ4v) is 2.49. The predicted octanol–water partition coefficient (Wildman–Crippen LogP) is 2.06. The number of carbonyl (C=O) groups is 2. The lowest BCUT2D eigenvalue weighted by Gasteiger charge is -2.12. The van der Waals surface area contributed by atoms with Crippen molar-refractivity contribution in [2.24, 2.45) is 0 Å². The van der Waals surface area contributed by atoms with Gasteiger partial charge < -0.3 is 10.1 Å². The molecule has 1 N–H and O–H groups in total. The van der Waals surface area contributed by atoms with Gasteiger partial charge >= 0.3 is 0 Å². The highest BCUT2D eigenvalue weighted by Gasteiger charge is 2.19. The van der Waals surface area contributed by atoms with Gasteiger partial charge in [0.2, 0.25) is 5.91 Å². The van der Waals surface area contributed by atoms with Crippen molar-refractivity contribution in [3.8, 4) is 0 Å². The maximum Gasteiger partial charge on any atom is 0.219 e. The number of carbonyl (C=O) groups excluding carboxylic acids is 2. The van der Waals surface area contributed by atoms with Crippen molar-refractivity contribution in [2.75, 3.05) is 7.05 Å². The van der Waals surface area contributed by atoms with Crippen LogP contribution in [0.4, 0.5) is 4.39 Å². The molecule has 0 aliphatic heterocycles. The Hall–Kier alpha value is -2.24. The smallest absolute Gasteiger partial charge is 0.219 e. The second-order valence-electron chi connectivity index (χ2n) is 5.01. The van der Waals surface area contributed by atoms with Gasteiger partial charge in [0.15, 0.2) is 0 Å². The number of aryl methyl sites for hydroxylation is 2. The Balaban J connectivity index is 2.43. The molecule has 1 heterocycles. The van der Waals surface area contributed by atoms with E-state index < -0.39 is 6.04 Å². The minimum atomic E-state index is -0.539. The van der Waals surface area contributed by atoms with Crippen LogP contribution in [-0.4, -0.2) is 29.0 Å². The summed E-state index contributed by atoms with van der Waals surface area (Å²) in [5, 5.41) is 7.60. The zero-order chi connectivity index (χ0) is 15.6. The number of benzene rings is 1. The minimum absolute atomic E-state index is 0.128. The normalized spacial score (nSPS) is 12.4. The van der Waals surface area contributed by atoms with Crippen LogP contribution in [0.25, 0.3) is 10.9 Å². The van der Waals surface area contributed by atoms with E-state index in [-0.39, 0.29) is 18.1 Å².